The lowest BCUT2D eigenvalue weighted by Crippen LogP contribution is -2.44. The Morgan fingerprint density at radius 3 is 2.76 bits per heavy atom. The largest absolute Gasteiger partial charge is 0.480 e. The van der Waals surface area contributed by atoms with E-state index in [0.29, 0.717) is 22.4 Å². The molecule has 0 bridgehead atoms. The molecule has 1 heterocycles. The van der Waals surface area contributed by atoms with Crippen LogP contribution in [0.4, 0.5) is 0 Å². The zero-order valence-electron chi connectivity index (χ0n) is 11.6. The molecule has 0 amide bonds. The second-order valence-electron chi connectivity index (χ2n) is 4.68. The van der Waals surface area contributed by atoms with Gasteiger partial charge in [0, 0.05) is 37.7 Å². The lowest BCUT2D eigenvalue weighted by molar-refractivity contribution is -0.146. The summed E-state index contributed by atoms with van der Waals surface area (Å²) < 4.78 is 10.4. The maximum absolute atomic E-state index is 11.6. The summed E-state index contributed by atoms with van der Waals surface area (Å²) in [7, 11) is 0. The van der Waals surface area contributed by atoms with E-state index < -0.39 is 5.97 Å². The lowest BCUT2D eigenvalue weighted by atomic mass is 10.3. The minimum absolute atomic E-state index is 0.164. The molecule has 0 aromatic heterocycles. The van der Waals surface area contributed by atoms with E-state index in [9.17, 15) is 4.79 Å². The van der Waals surface area contributed by atoms with E-state index in [1.54, 1.807) is 18.2 Å². The smallest absolute Gasteiger partial charge is 0.344 e. The number of carbonyl (C=O) groups excluding carboxylic acids is 1. The molecule has 0 unspecified atom stereocenters. The normalized spacial score (nSPS) is 15.7. The molecule has 1 aromatic carbocycles. The van der Waals surface area contributed by atoms with Gasteiger partial charge >= 0.3 is 5.97 Å². The molecule has 116 valence electrons. The summed E-state index contributed by atoms with van der Waals surface area (Å²) in [6, 6.07) is 4.84. The number of carbonyl (C=O) groups is 1. The Kier molecular flexibility index (Phi) is 6.57. The number of benzene rings is 1. The second kappa shape index (κ2) is 8.44. The van der Waals surface area contributed by atoms with Gasteiger partial charge in [-0.15, -0.1) is 0 Å². The molecule has 2 rings (SSSR count). The van der Waals surface area contributed by atoms with Gasteiger partial charge in [0.2, 0.25) is 0 Å². The molecule has 0 saturated carbocycles. The Balaban J connectivity index is 1.65. The minimum atomic E-state index is -0.406. The SMILES string of the molecule is O=C(COc1ccc(Cl)cc1Cl)OCCN1CCNCC1. The number of hydrogen-bond acceptors (Lipinski definition) is 5. The van der Waals surface area contributed by atoms with Crippen LogP contribution in [0.3, 0.4) is 0 Å². The number of nitrogens with zero attached hydrogens (tertiary/aromatic N) is 1. The number of piperazine rings is 1. The van der Waals surface area contributed by atoms with Crippen molar-refractivity contribution in [2.45, 2.75) is 0 Å². The standard InChI is InChI=1S/C14H18Cl2N2O3/c15-11-1-2-13(12(16)9-11)21-10-14(19)20-8-7-18-5-3-17-4-6-18/h1-2,9,17H,3-8,10H2. The summed E-state index contributed by atoms with van der Waals surface area (Å²) in [4.78, 5) is 13.8. The Bertz CT molecular complexity index is 479. The van der Waals surface area contributed by atoms with Crippen molar-refractivity contribution in [3.8, 4) is 5.75 Å². The Morgan fingerprint density at radius 2 is 2.05 bits per heavy atom. The average molecular weight is 333 g/mol. The summed E-state index contributed by atoms with van der Waals surface area (Å²) in [5.41, 5.74) is 0. The molecular weight excluding hydrogens is 315 g/mol. The molecule has 1 aliphatic heterocycles. The molecule has 1 N–H and O–H groups in total. The molecule has 1 fully saturated rings. The molecule has 5 nitrogen and oxygen atoms in total. The highest BCUT2D eigenvalue weighted by Crippen LogP contribution is 2.27. The van der Waals surface area contributed by atoms with Crippen molar-refractivity contribution in [2.24, 2.45) is 0 Å². The van der Waals surface area contributed by atoms with E-state index in [1.165, 1.54) is 0 Å². The quantitative estimate of drug-likeness (QED) is 0.805. The van der Waals surface area contributed by atoms with Gasteiger partial charge in [-0.2, -0.15) is 0 Å². The number of rotatable bonds is 6. The fourth-order valence-electron chi connectivity index (χ4n) is 1.99. The molecule has 7 heteroatoms. The average Bonchev–Trinajstić information content (AvgIpc) is 2.47. The Hall–Kier alpha value is -1.01. The highest BCUT2D eigenvalue weighted by atomic mass is 35.5. The van der Waals surface area contributed by atoms with Gasteiger partial charge in [0.15, 0.2) is 6.61 Å². The summed E-state index contributed by atoms with van der Waals surface area (Å²) in [6.45, 7) is 4.87. The van der Waals surface area contributed by atoms with E-state index in [2.05, 4.69) is 10.2 Å². The van der Waals surface area contributed by atoms with Crippen LogP contribution >= 0.6 is 23.2 Å². The van der Waals surface area contributed by atoms with Gasteiger partial charge in [-0.1, -0.05) is 23.2 Å². The second-order valence-corrected chi connectivity index (χ2v) is 5.52. The zero-order valence-corrected chi connectivity index (χ0v) is 13.1. The van der Waals surface area contributed by atoms with Crippen LogP contribution in [0.2, 0.25) is 10.0 Å². The van der Waals surface area contributed by atoms with Crippen LogP contribution in [-0.4, -0.2) is 56.8 Å². The van der Waals surface area contributed by atoms with Crippen LogP contribution in [0.1, 0.15) is 0 Å². The summed E-state index contributed by atoms with van der Waals surface area (Å²) >= 11 is 11.7. The molecule has 1 aromatic rings. The number of halogens is 2. The number of esters is 1. The van der Waals surface area contributed by atoms with Crippen LogP contribution in [0.25, 0.3) is 0 Å². The fourth-order valence-corrected chi connectivity index (χ4v) is 2.46. The summed E-state index contributed by atoms with van der Waals surface area (Å²) in [6.07, 6.45) is 0. The zero-order chi connectivity index (χ0) is 15.1. The van der Waals surface area contributed by atoms with E-state index in [1.807, 2.05) is 0 Å². The highest BCUT2D eigenvalue weighted by molar-refractivity contribution is 6.35. The van der Waals surface area contributed by atoms with Gasteiger partial charge in [-0.05, 0) is 18.2 Å². The van der Waals surface area contributed by atoms with Crippen molar-refractivity contribution >= 4 is 29.2 Å². The molecule has 0 atom stereocenters. The number of ether oxygens (including phenoxy) is 2. The van der Waals surface area contributed by atoms with Crippen LogP contribution in [0.15, 0.2) is 18.2 Å². The predicted octanol–water partition coefficient (Wildman–Crippen LogP) is 1.82. The first-order valence-corrected chi connectivity index (χ1v) is 7.57. The minimum Gasteiger partial charge on any atom is -0.480 e. The molecule has 0 aliphatic carbocycles. The van der Waals surface area contributed by atoms with Crippen molar-refractivity contribution in [3.05, 3.63) is 28.2 Å². The summed E-state index contributed by atoms with van der Waals surface area (Å²) in [5.74, 6) is 0.0104. The van der Waals surface area contributed by atoms with Crippen LogP contribution in [0.5, 0.6) is 5.75 Å². The van der Waals surface area contributed by atoms with Gasteiger partial charge in [0.1, 0.15) is 12.4 Å². The van der Waals surface area contributed by atoms with E-state index in [-0.39, 0.29) is 6.61 Å². The van der Waals surface area contributed by atoms with Crippen molar-refractivity contribution in [2.75, 3.05) is 45.9 Å². The Morgan fingerprint density at radius 1 is 1.29 bits per heavy atom. The number of hydrogen-bond donors (Lipinski definition) is 1. The highest BCUT2D eigenvalue weighted by Gasteiger charge is 2.11. The first kappa shape index (κ1) is 16.4. The molecule has 1 aliphatic rings. The van der Waals surface area contributed by atoms with Crippen molar-refractivity contribution < 1.29 is 14.3 Å². The fraction of sp³-hybridized carbons (Fsp3) is 0.500. The summed E-state index contributed by atoms with van der Waals surface area (Å²) in [5, 5.41) is 4.16. The van der Waals surface area contributed by atoms with E-state index in [0.717, 1.165) is 32.7 Å². The van der Waals surface area contributed by atoms with Gasteiger partial charge < -0.3 is 14.8 Å². The maximum atomic E-state index is 11.6. The molecule has 21 heavy (non-hydrogen) atoms. The van der Waals surface area contributed by atoms with Gasteiger partial charge in [-0.25, -0.2) is 4.79 Å². The van der Waals surface area contributed by atoms with Crippen LogP contribution in [0, 0.1) is 0 Å². The third-order valence-electron chi connectivity index (χ3n) is 3.12. The van der Waals surface area contributed by atoms with Crippen LogP contribution < -0.4 is 10.1 Å². The van der Waals surface area contributed by atoms with Gasteiger partial charge in [0.05, 0.1) is 5.02 Å². The van der Waals surface area contributed by atoms with Crippen molar-refractivity contribution in [1.29, 1.82) is 0 Å². The molecule has 1 saturated heterocycles. The van der Waals surface area contributed by atoms with Crippen molar-refractivity contribution in [3.63, 3.8) is 0 Å². The topological polar surface area (TPSA) is 50.8 Å². The first-order valence-electron chi connectivity index (χ1n) is 6.82. The Labute approximate surface area is 134 Å². The van der Waals surface area contributed by atoms with Crippen LogP contribution in [-0.2, 0) is 9.53 Å². The van der Waals surface area contributed by atoms with E-state index >= 15 is 0 Å². The molecular formula is C14H18Cl2N2O3. The number of nitrogens with one attached hydrogen (secondary N) is 1. The van der Waals surface area contributed by atoms with Gasteiger partial charge in [0.25, 0.3) is 0 Å². The lowest BCUT2D eigenvalue weighted by Gasteiger charge is -2.26. The van der Waals surface area contributed by atoms with Crippen molar-refractivity contribution in [1.82, 2.24) is 10.2 Å². The predicted molar refractivity (Wildman–Crippen MR) is 82.2 cm³/mol. The third kappa shape index (κ3) is 5.71. The molecule has 0 spiro atoms. The first-order chi connectivity index (χ1) is 10.1. The molecule has 0 radical (unpaired) electrons. The third-order valence-corrected chi connectivity index (χ3v) is 3.65. The maximum Gasteiger partial charge on any atom is 0.344 e. The monoisotopic (exact) mass is 332 g/mol. The van der Waals surface area contributed by atoms with Gasteiger partial charge in [-0.3, -0.25) is 4.90 Å². The van der Waals surface area contributed by atoms with E-state index in [4.69, 9.17) is 32.7 Å².